The summed E-state index contributed by atoms with van der Waals surface area (Å²) in [6, 6.07) is 7.04. The van der Waals surface area contributed by atoms with E-state index in [1.54, 1.807) is 42.7 Å². The number of benzene rings is 1. The highest BCUT2D eigenvalue weighted by atomic mass is 35.7. The lowest BCUT2D eigenvalue weighted by Crippen LogP contribution is -2.25. The molecular formula is C13H15ClN2O3S. The van der Waals surface area contributed by atoms with Gasteiger partial charge in [0.25, 0.3) is 9.05 Å². The molecule has 0 radical (unpaired) electrons. The van der Waals surface area contributed by atoms with Gasteiger partial charge in [-0.05, 0) is 13.0 Å². The normalized spacial score (nSPS) is 13.6. The first-order valence-electron chi connectivity index (χ1n) is 6.05. The van der Waals surface area contributed by atoms with E-state index in [0.29, 0.717) is 17.6 Å². The summed E-state index contributed by atoms with van der Waals surface area (Å²) < 4.78 is 25.3. The number of primary amides is 1. The smallest absolute Gasteiger partial charge is 0.263 e. The minimum atomic E-state index is -3.86. The van der Waals surface area contributed by atoms with E-state index in [2.05, 4.69) is 0 Å². The highest BCUT2D eigenvalue weighted by Gasteiger charge is 2.24. The Balaban J connectivity index is 2.73. The van der Waals surface area contributed by atoms with E-state index >= 15 is 0 Å². The molecule has 108 valence electrons. The van der Waals surface area contributed by atoms with Crippen LogP contribution in [-0.2, 0) is 20.4 Å². The first kappa shape index (κ1) is 14.9. The summed E-state index contributed by atoms with van der Waals surface area (Å²) in [5, 5.41) is 0.552. The Morgan fingerprint density at radius 3 is 2.55 bits per heavy atom. The molecule has 2 aromatic rings. The van der Waals surface area contributed by atoms with Gasteiger partial charge in [-0.3, -0.25) is 4.79 Å². The monoisotopic (exact) mass is 314 g/mol. The summed E-state index contributed by atoms with van der Waals surface area (Å²) in [7, 11) is 1.66. The van der Waals surface area contributed by atoms with E-state index in [1.165, 1.54) is 0 Å². The van der Waals surface area contributed by atoms with Gasteiger partial charge in [-0.2, -0.15) is 0 Å². The third kappa shape index (κ3) is 2.53. The molecule has 1 aromatic heterocycles. The topological polar surface area (TPSA) is 82.2 Å². The SMILES string of the molecule is Cc1c(S(=O)(=O)Cl)c2ccccc2n1CC(C)C(N)=O. The second-order valence-electron chi connectivity index (χ2n) is 4.78. The number of carbonyl (C=O) groups excluding carboxylic acids is 1. The summed E-state index contributed by atoms with van der Waals surface area (Å²) in [6.07, 6.45) is 0. The number of aromatic nitrogens is 1. The molecule has 5 nitrogen and oxygen atoms in total. The van der Waals surface area contributed by atoms with Crippen LogP contribution >= 0.6 is 10.7 Å². The molecule has 2 N–H and O–H groups in total. The quantitative estimate of drug-likeness (QED) is 0.876. The van der Waals surface area contributed by atoms with Crippen molar-refractivity contribution in [1.29, 1.82) is 0 Å². The van der Waals surface area contributed by atoms with Crippen molar-refractivity contribution in [1.82, 2.24) is 4.57 Å². The molecule has 1 atom stereocenters. The van der Waals surface area contributed by atoms with Crippen LogP contribution in [0.25, 0.3) is 10.9 Å². The Kier molecular flexibility index (Phi) is 3.80. The largest absolute Gasteiger partial charge is 0.369 e. The zero-order valence-electron chi connectivity index (χ0n) is 11.1. The van der Waals surface area contributed by atoms with Crippen LogP contribution in [0.3, 0.4) is 0 Å². The molecule has 20 heavy (non-hydrogen) atoms. The van der Waals surface area contributed by atoms with Crippen LogP contribution in [0.2, 0.25) is 0 Å². The first-order valence-corrected chi connectivity index (χ1v) is 8.36. The Bertz CT molecular complexity index is 780. The van der Waals surface area contributed by atoms with Gasteiger partial charge < -0.3 is 10.3 Å². The molecule has 0 fully saturated rings. The molecule has 0 saturated carbocycles. The number of hydrogen-bond acceptors (Lipinski definition) is 3. The molecule has 7 heteroatoms. The van der Waals surface area contributed by atoms with E-state index in [1.807, 2.05) is 0 Å². The fourth-order valence-electron chi connectivity index (χ4n) is 2.31. The van der Waals surface area contributed by atoms with Crippen LogP contribution in [-0.4, -0.2) is 18.9 Å². The van der Waals surface area contributed by atoms with E-state index in [0.717, 1.165) is 5.52 Å². The molecule has 1 unspecified atom stereocenters. The number of amides is 1. The molecule has 0 aliphatic heterocycles. The summed E-state index contributed by atoms with van der Waals surface area (Å²) in [5.41, 5.74) is 6.50. The van der Waals surface area contributed by atoms with Crippen molar-refractivity contribution < 1.29 is 13.2 Å². The Morgan fingerprint density at radius 1 is 1.40 bits per heavy atom. The fourth-order valence-corrected chi connectivity index (χ4v) is 3.79. The van der Waals surface area contributed by atoms with Crippen LogP contribution in [0, 0.1) is 12.8 Å². The minimum Gasteiger partial charge on any atom is -0.369 e. The molecule has 0 spiro atoms. The average Bonchev–Trinajstić information content (AvgIpc) is 2.62. The molecule has 0 bridgehead atoms. The first-order chi connectivity index (χ1) is 9.23. The lowest BCUT2D eigenvalue weighted by molar-refractivity contribution is -0.121. The minimum absolute atomic E-state index is 0.0893. The second kappa shape index (κ2) is 5.10. The van der Waals surface area contributed by atoms with Gasteiger partial charge in [-0.25, -0.2) is 8.42 Å². The molecular weight excluding hydrogens is 300 g/mol. The maximum atomic E-state index is 11.8. The molecule has 0 aliphatic rings. The molecule has 2 rings (SSSR count). The fraction of sp³-hybridized carbons (Fsp3) is 0.308. The van der Waals surface area contributed by atoms with Crippen LogP contribution in [0.5, 0.6) is 0 Å². The number of fused-ring (bicyclic) bond motifs is 1. The van der Waals surface area contributed by atoms with E-state index in [9.17, 15) is 13.2 Å². The van der Waals surface area contributed by atoms with Crippen molar-refractivity contribution in [3.63, 3.8) is 0 Å². The van der Waals surface area contributed by atoms with Crippen molar-refractivity contribution in [3.05, 3.63) is 30.0 Å². The van der Waals surface area contributed by atoms with Crippen molar-refractivity contribution in [2.45, 2.75) is 25.3 Å². The molecule has 0 aliphatic carbocycles. The molecule has 1 heterocycles. The lowest BCUT2D eigenvalue weighted by Gasteiger charge is -2.12. The van der Waals surface area contributed by atoms with Crippen molar-refractivity contribution >= 4 is 36.5 Å². The number of para-hydroxylation sites is 1. The highest BCUT2D eigenvalue weighted by molar-refractivity contribution is 8.14. The maximum absolute atomic E-state index is 11.8. The van der Waals surface area contributed by atoms with Crippen LogP contribution in [0.4, 0.5) is 0 Å². The Labute approximate surface area is 121 Å². The van der Waals surface area contributed by atoms with Gasteiger partial charge in [-0.15, -0.1) is 0 Å². The zero-order chi connectivity index (χ0) is 15.1. The van der Waals surface area contributed by atoms with Gasteiger partial charge in [-0.1, -0.05) is 25.1 Å². The average molecular weight is 315 g/mol. The number of nitrogens with two attached hydrogens (primary N) is 1. The van der Waals surface area contributed by atoms with Crippen molar-refractivity contribution in [2.75, 3.05) is 0 Å². The van der Waals surface area contributed by atoms with E-state index in [-0.39, 0.29) is 4.90 Å². The number of nitrogens with zero attached hydrogens (tertiary/aromatic N) is 1. The summed E-state index contributed by atoms with van der Waals surface area (Å²) >= 11 is 0. The second-order valence-corrected chi connectivity index (χ2v) is 7.29. The number of carbonyl (C=O) groups is 1. The highest BCUT2D eigenvalue weighted by Crippen LogP contribution is 2.32. The van der Waals surface area contributed by atoms with Gasteiger partial charge in [0.05, 0.1) is 5.92 Å². The number of halogens is 1. The van der Waals surface area contributed by atoms with Gasteiger partial charge >= 0.3 is 0 Å². The Hall–Kier alpha value is -1.53. The maximum Gasteiger partial charge on any atom is 0.263 e. The number of rotatable bonds is 4. The van der Waals surface area contributed by atoms with E-state index in [4.69, 9.17) is 16.4 Å². The zero-order valence-corrected chi connectivity index (χ0v) is 12.7. The van der Waals surface area contributed by atoms with Gasteiger partial charge in [0.15, 0.2) is 0 Å². The standard InChI is InChI=1S/C13H15ClN2O3S/c1-8(13(15)17)7-16-9(2)12(20(14,18)19)10-5-3-4-6-11(10)16/h3-6,8H,7H2,1-2H3,(H2,15,17). The number of hydrogen-bond donors (Lipinski definition) is 1. The van der Waals surface area contributed by atoms with Gasteiger partial charge in [0, 0.05) is 33.8 Å². The summed E-state index contributed by atoms with van der Waals surface area (Å²) in [5.74, 6) is -0.840. The van der Waals surface area contributed by atoms with Crippen LogP contribution in [0.15, 0.2) is 29.2 Å². The summed E-state index contributed by atoms with van der Waals surface area (Å²) in [6.45, 7) is 3.68. The van der Waals surface area contributed by atoms with Gasteiger partial charge in [0.2, 0.25) is 5.91 Å². The van der Waals surface area contributed by atoms with Crippen molar-refractivity contribution in [3.8, 4) is 0 Å². The lowest BCUT2D eigenvalue weighted by atomic mass is 10.1. The predicted molar refractivity (Wildman–Crippen MR) is 78.1 cm³/mol. The van der Waals surface area contributed by atoms with Gasteiger partial charge in [0.1, 0.15) is 4.90 Å². The molecule has 0 saturated heterocycles. The molecule has 1 amide bonds. The summed E-state index contributed by atoms with van der Waals surface area (Å²) in [4.78, 5) is 11.3. The molecule has 1 aromatic carbocycles. The van der Waals surface area contributed by atoms with Crippen molar-refractivity contribution in [2.24, 2.45) is 11.7 Å². The Morgan fingerprint density at radius 2 is 2.00 bits per heavy atom. The van der Waals surface area contributed by atoms with Crippen LogP contribution < -0.4 is 5.73 Å². The van der Waals surface area contributed by atoms with Crippen LogP contribution in [0.1, 0.15) is 12.6 Å². The third-order valence-corrected chi connectivity index (χ3v) is 4.82. The predicted octanol–water partition coefficient (Wildman–Crippen LogP) is 2.00. The van der Waals surface area contributed by atoms with E-state index < -0.39 is 20.9 Å². The third-order valence-electron chi connectivity index (χ3n) is 3.36.